The van der Waals surface area contributed by atoms with Crippen molar-refractivity contribution in [1.82, 2.24) is 15.1 Å². The zero-order valence-electron chi connectivity index (χ0n) is 15.7. The van der Waals surface area contributed by atoms with Gasteiger partial charge in [0.2, 0.25) is 5.91 Å². The molecule has 0 aliphatic carbocycles. The molecule has 148 valence electrons. The molecule has 1 aromatic heterocycles. The first kappa shape index (κ1) is 18.5. The van der Waals surface area contributed by atoms with Gasteiger partial charge in [-0.2, -0.15) is 5.10 Å². The molecule has 0 bridgehead atoms. The van der Waals surface area contributed by atoms with Crippen LogP contribution in [0.25, 0.3) is 0 Å². The van der Waals surface area contributed by atoms with E-state index in [4.69, 9.17) is 0 Å². The number of aromatic amines is 1. The lowest BCUT2D eigenvalue weighted by atomic mass is 9.96. The third-order valence-corrected chi connectivity index (χ3v) is 5.57. The minimum absolute atomic E-state index is 0.0898. The number of benzene rings is 1. The number of anilines is 2. The quantitative estimate of drug-likeness (QED) is 0.866. The summed E-state index contributed by atoms with van der Waals surface area (Å²) in [6.45, 7) is 3.85. The second-order valence-corrected chi connectivity index (χ2v) is 7.35. The summed E-state index contributed by atoms with van der Waals surface area (Å²) in [4.78, 5) is 30.5. The third kappa shape index (κ3) is 3.85. The summed E-state index contributed by atoms with van der Waals surface area (Å²) in [5.74, 6) is -0.166. The van der Waals surface area contributed by atoms with Crippen LogP contribution in [0.5, 0.6) is 0 Å². The molecule has 2 aliphatic heterocycles. The van der Waals surface area contributed by atoms with Gasteiger partial charge in [0.05, 0.1) is 23.5 Å². The number of nitrogens with zero attached hydrogens (tertiary/aromatic N) is 4. The van der Waals surface area contributed by atoms with Crippen molar-refractivity contribution in [2.45, 2.75) is 12.8 Å². The van der Waals surface area contributed by atoms with Crippen molar-refractivity contribution in [3.63, 3.8) is 0 Å². The van der Waals surface area contributed by atoms with E-state index in [0.717, 1.165) is 25.1 Å². The fourth-order valence-electron chi connectivity index (χ4n) is 4.09. The van der Waals surface area contributed by atoms with Crippen molar-refractivity contribution in [3.05, 3.63) is 52.7 Å². The Hall–Kier alpha value is -2.90. The molecule has 1 N–H and O–H groups in total. The summed E-state index contributed by atoms with van der Waals surface area (Å²) >= 11 is 0. The Morgan fingerprint density at radius 3 is 2.64 bits per heavy atom. The number of piperidine rings is 1. The first-order valence-electron chi connectivity index (χ1n) is 9.70. The van der Waals surface area contributed by atoms with Crippen molar-refractivity contribution < 1.29 is 9.18 Å². The highest BCUT2D eigenvalue weighted by molar-refractivity contribution is 5.80. The first-order chi connectivity index (χ1) is 13.6. The minimum atomic E-state index is -0.241. The van der Waals surface area contributed by atoms with E-state index in [0.29, 0.717) is 38.4 Å². The predicted octanol–water partition coefficient (Wildman–Crippen LogP) is 1.47. The molecule has 8 heteroatoms. The molecule has 4 rings (SSSR count). The predicted molar refractivity (Wildman–Crippen MR) is 105 cm³/mol. The molecule has 2 saturated heterocycles. The van der Waals surface area contributed by atoms with Crippen LogP contribution in [0, 0.1) is 11.7 Å². The van der Waals surface area contributed by atoms with E-state index < -0.39 is 0 Å². The van der Waals surface area contributed by atoms with Gasteiger partial charge in [-0.3, -0.25) is 9.59 Å². The van der Waals surface area contributed by atoms with Gasteiger partial charge < -0.3 is 14.7 Å². The Kier molecular flexibility index (Phi) is 5.27. The lowest BCUT2D eigenvalue weighted by molar-refractivity contribution is -0.136. The highest BCUT2D eigenvalue weighted by Crippen LogP contribution is 2.25. The van der Waals surface area contributed by atoms with Crippen molar-refractivity contribution in [2.24, 2.45) is 5.92 Å². The number of hydrogen-bond acceptors (Lipinski definition) is 5. The summed E-state index contributed by atoms with van der Waals surface area (Å²) in [6, 6.07) is 8.28. The summed E-state index contributed by atoms with van der Waals surface area (Å²) in [5, 5.41) is 6.23. The van der Waals surface area contributed by atoms with Gasteiger partial charge in [-0.25, -0.2) is 9.49 Å². The number of rotatable bonds is 3. The molecule has 2 aliphatic rings. The number of piperazine rings is 1. The molecule has 0 saturated carbocycles. The fraction of sp³-hybridized carbons (Fsp3) is 0.450. The lowest BCUT2D eigenvalue weighted by Crippen LogP contribution is -2.52. The lowest BCUT2D eigenvalue weighted by Gasteiger charge is -2.40. The maximum absolute atomic E-state index is 14.0. The van der Waals surface area contributed by atoms with Crippen LogP contribution in [0.4, 0.5) is 15.8 Å². The van der Waals surface area contributed by atoms with Crippen molar-refractivity contribution >= 4 is 17.3 Å². The normalized spacial score (nSPS) is 20.3. The van der Waals surface area contributed by atoms with Crippen LogP contribution >= 0.6 is 0 Å². The van der Waals surface area contributed by atoms with Gasteiger partial charge in [0, 0.05) is 45.3 Å². The zero-order chi connectivity index (χ0) is 19.5. The van der Waals surface area contributed by atoms with Crippen LogP contribution in [0.15, 0.2) is 41.3 Å². The molecule has 1 aromatic carbocycles. The SMILES string of the molecule is O=C([C@H]1CCCN(c2cn[nH]c(=O)c2)C1)N1CCN(c2ccccc2F)CC1. The van der Waals surface area contributed by atoms with E-state index >= 15 is 0 Å². The van der Waals surface area contributed by atoms with Crippen LogP contribution in [0.1, 0.15) is 12.8 Å². The average molecular weight is 385 g/mol. The highest BCUT2D eigenvalue weighted by Gasteiger charge is 2.31. The topological polar surface area (TPSA) is 72.5 Å². The Bertz CT molecular complexity index is 894. The minimum Gasteiger partial charge on any atom is -0.369 e. The van der Waals surface area contributed by atoms with Gasteiger partial charge in [-0.05, 0) is 25.0 Å². The fourth-order valence-corrected chi connectivity index (χ4v) is 4.09. The molecular formula is C20H24FN5O2. The second kappa shape index (κ2) is 8.00. The molecule has 0 radical (unpaired) electrons. The van der Waals surface area contributed by atoms with Crippen molar-refractivity contribution in [1.29, 1.82) is 0 Å². The van der Waals surface area contributed by atoms with Crippen LogP contribution < -0.4 is 15.4 Å². The van der Waals surface area contributed by atoms with E-state index in [2.05, 4.69) is 15.1 Å². The van der Waals surface area contributed by atoms with Gasteiger partial charge >= 0.3 is 0 Å². The number of para-hydroxylation sites is 1. The van der Waals surface area contributed by atoms with Crippen molar-refractivity contribution in [2.75, 3.05) is 49.1 Å². The molecular weight excluding hydrogens is 361 g/mol. The Morgan fingerprint density at radius 1 is 1.11 bits per heavy atom. The third-order valence-electron chi connectivity index (χ3n) is 5.57. The monoisotopic (exact) mass is 385 g/mol. The number of H-pyrrole nitrogens is 1. The number of nitrogens with one attached hydrogen (secondary N) is 1. The molecule has 0 spiro atoms. The van der Waals surface area contributed by atoms with Crippen LogP contribution in [-0.4, -0.2) is 60.3 Å². The molecule has 28 heavy (non-hydrogen) atoms. The number of hydrogen-bond donors (Lipinski definition) is 1. The molecule has 3 heterocycles. The smallest absolute Gasteiger partial charge is 0.266 e. The molecule has 2 fully saturated rings. The van der Waals surface area contributed by atoms with Gasteiger partial charge in [0.1, 0.15) is 5.82 Å². The molecule has 1 atom stereocenters. The van der Waals surface area contributed by atoms with E-state index in [1.54, 1.807) is 18.3 Å². The van der Waals surface area contributed by atoms with Crippen molar-refractivity contribution in [3.8, 4) is 0 Å². The maximum Gasteiger partial charge on any atom is 0.266 e. The van der Waals surface area contributed by atoms with E-state index in [-0.39, 0.29) is 23.2 Å². The van der Waals surface area contributed by atoms with E-state index in [1.165, 1.54) is 12.1 Å². The largest absolute Gasteiger partial charge is 0.369 e. The van der Waals surface area contributed by atoms with Gasteiger partial charge in [-0.15, -0.1) is 0 Å². The summed E-state index contributed by atoms with van der Waals surface area (Å²) in [7, 11) is 0. The van der Waals surface area contributed by atoms with Gasteiger partial charge in [0.15, 0.2) is 0 Å². The second-order valence-electron chi connectivity index (χ2n) is 7.35. The Balaban J connectivity index is 1.37. The summed E-state index contributed by atoms with van der Waals surface area (Å²) in [5.41, 5.74) is 1.11. The van der Waals surface area contributed by atoms with Crippen LogP contribution in [-0.2, 0) is 4.79 Å². The number of carbonyl (C=O) groups excluding carboxylic acids is 1. The summed E-state index contributed by atoms with van der Waals surface area (Å²) in [6.07, 6.45) is 3.37. The zero-order valence-corrected chi connectivity index (χ0v) is 15.7. The number of carbonyl (C=O) groups is 1. The highest BCUT2D eigenvalue weighted by atomic mass is 19.1. The Labute approximate surface area is 162 Å². The van der Waals surface area contributed by atoms with Gasteiger partial charge in [-0.1, -0.05) is 12.1 Å². The average Bonchev–Trinajstić information content (AvgIpc) is 2.74. The van der Waals surface area contributed by atoms with Crippen LogP contribution in [0.3, 0.4) is 0 Å². The first-order valence-corrected chi connectivity index (χ1v) is 9.70. The number of aromatic nitrogens is 2. The maximum atomic E-state index is 14.0. The standard InChI is InChI=1S/C20H24FN5O2/c21-17-5-1-2-6-18(17)24-8-10-25(11-9-24)20(28)15-4-3-7-26(14-15)16-12-19(27)23-22-13-16/h1-2,5-6,12-13,15H,3-4,7-11,14H2,(H,23,27)/t15-/m0/s1. The molecule has 1 amide bonds. The number of halogens is 1. The molecule has 7 nitrogen and oxygen atoms in total. The molecule has 0 unspecified atom stereocenters. The van der Waals surface area contributed by atoms with E-state index in [9.17, 15) is 14.0 Å². The summed E-state index contributed by atoms with van der Waals surface area (Å²) < 4.78 is 14.0. The Morgan fingerprint density at radius 2 is 1.89 bits per heavy atom. The molecule has 2 aromatic rings. The number of amides is 1. The van der Waals surface area contributed by atoms with Gasteiger partial charge in [0.25, 0.3) is 5.56 Å². The van der Waals surface area contributed by atoms with E-state index in [1.807, 2.05) is 15.9 Å². The van der Waals surface area contributed by atoms with Crippen LogP contribution in [0.2, 0.25) is 0 Å².